The average Bonchev–Trinajstić information content (AvgIpc) is 3.17. The molecule has 0 fully saturated rings. The number of nitrogens with one attached hydrogen (secondary N) is 1. The maximum Gasteiger partial charge on any atom is 0.339 e. The Bertz CT molecular complexity index is 1500. The van der Waals surface area contributed by atoms with E-state index in [9.17, 15) is 19.2 Å². The third-order valence-electron chi connectivity index (χ3n) is 7.57. The maximum atomic E-state index is 14.4. The van der Waals surface area contributed by atoms with Crippen LogP contribution in [0.5, 0.6) is 5.75 Å². The quantitative estimate of drug-likeness (QED) is 0.592. The number of hydrogen-bond donors (Lipinski definition) is 1. The van der Waals surface area contributed by atoms with Crippen LogP contribution in [0.4, 0.5) is 11.4 Å². The molecule has 2 aromatic carbocycles. The molecular formula is C30H30N2O7. The van der Waals surface area contributed by atoms with Crippen LogP contribution in [0.2, 0.25) is 0 Å². The second-order valence-electron chi connectivity index (χ2n) is 10.7. The van der Waals surface area contributed by atoms with Crippen molar-refractivity contribution in [3.05, 3.63) is 76.0 Å². The van der Waals surface area contributed by atoms with Crippen LogP contribution in [0, 0.1) is 12.3 Å². The van der Waals surface area contributed by atoms with Crippen molar-refractivity contribution < 1.29 is 33.4 Å². The van der Waals surface area contributed by atoms with Gasteiger partial charge >= 0.3 is 11.9 Å². The van der Waals surface area contributed by atoms with Crippen LogP contribution in [0.15, 0.2) is 64.9 Å². The monoisotopic (exact) mass is 530 g/mol. The topological polar surface area (TPSA) is 111 Å². The van der Waals surface area contributed by atoms with Gasteiger partial charge in [0.25, 0.3) is 5.91 Å². The number of nitrogens with zero attached hydrogens (tertiary/aromatic N) is 1. The first-order valence-corrected chi connectivity index (χ1v) is 12.5. The number of hydrogen-bond acceptors (Lipinski definition) is 8. The van der Waals surface area contributed by atoms with Gasteiger partial charge in [0.05, 0.1) is 38.0 Å². The molecule has 0 saturated carbocycles. The Morgan fingerprint density at radius 3 is 2.21 bits per heavy atom. The molecule has 1 unspecified atom stereocenters. The van der Waals surface area contributed by atoms with Gasteiger partial charge in [-0.15, -0.1) is 0 Å². The second-order valence-corrected chi connectivity index (χ2v) is 10.7. The number of aryl methyl sites for hydroxylation is 1. The van der Waals surface area contributed by atoms with Gasteiger partial charge in [-0.05, 0) is 49.1 Å². The molecule has 0 saturated heterocycles. The van der Waals surface area contributed by atoms with Crippen LogP contribution < -0.4 is 15.0 Å². The summed E-state index contributed by atoms with van der Waals surface area (Å²) in [6.45, 7) is 5.79. The van der Waals surface area contributed by atoms with E-state index in [0.717, 1.165) is 5.56 Å². The highest BCUT2D eigenvalue weighted by molar-refractivity contribution is 6.24. The lowest BCUT2D eigenvalue weighted by Crippen LogP contribution is -2.58. The van der Waals surface area contributed by atoms with E-state index in [4.69, 9.17) is 14.2 Å². The highest BCUT2D eigenvalue weighted by Crippen LogP contribution is 2.57. The number of rotatable bonds is 4. The number of ketones is 1. The van der Waals surface area contributed by atoms with Gasteiger partial charge in [-0.1, -0.05) is 31.5 Å². The Balaban J connectivity index is 2.00. The molecule has 2 heterocycles. The Morgan fingerprint density at radius 1 is 0.923 bits per heavy atom. The molecule has 9 nitrogen and oxygen atoms in total. The summed E-state index contributed by atoms with van der Waals surface area (Å²) in [5, 5.41) is 2.91. The maximum absolute atomic E-state index is 14.4. The van der Waals surface area contributed by atoms with Crippen molar-refractivity contribution >= 4 is 35.0 Å². The predicted octanol–water partition coefficient (Wildman–Crippen LogP) is 3.96. The molecule has 2 aliphatic heterocycles. The number of esters is 2. The fourth-order valence-electron chi connectivity index (χ4n) is 5.99. The summed E-state index contributed by atoms with van der Waals surface area (Å²) in [4.78, 5) is 57.1. The molecule has 5 rings (SSSR count). The molecule has 1 aliphatic carbocycles. The van der Waals surface area contributed by atoms with E-state index in [-0.39, 0.29) is 28.9 Å². The number of benzene rings is 2. The fourth-order valence-corrected chi connectivity index (χ4v) is 5.99. The van der Waals surface area contributed by atoms with Gasteiger partial charge in [-0.25, -0.2) is 9.59 Å². The van der Waals surface area contributed by atoms with Crippen molar-refractivity contribution in [1.82, 2.24) is 0 Å². The molecule has 0 bridgehead atoms. The third kappa shape index (κ3) is 3.75. The summed E-state index contributed by atoms with van der Waals surface area (Å²) in [6, 6.07) is 12.4. The van der Waals surface area contributed by atoms with Gasteiger partial charge in [0.2, 0.25) is 0 Å². The number of carbonyl (C=O) groups excluding carboxylic acids is 4. The van der Waals surface area contributed by atoms with E-state index in [0.29, 0.717) is 34.8 Å². The number of amides is 1. The highest BCUT2D eigenvalue weighted by Gasteiger charge is 2.63. The lowest BCUT2D eigenvalue weighted by atomic mass is 9.66. The van der Waals surface area contributed by atoms with Crippen LogP contribution in [0.3, 0.4) is 0 Å². The number of fused-ring (bicyclic) bond motifs is 2. The lowest BCUT2D eigenvalue weighted by Gasteiger charge is -2.50. The summed E-state index contributed by atoms with van der Waals surface area (Å²) < 4.78 is 15.7. The first-order chi connectivity index (χ1) is 18.5. The number of ether oxygens (including phenoxy) is 3. The zero-order valence-corrected chi connectivity index (χ0v) is 22.8. The minimum atomic E-state index is -1.86. The molecule has 0 aromatic heterocycles. The summed E-state index contributed by atoms with van der Waals surface area (Å²) >= 11 is 0. The molecule has 1 atom stereocenters. The van der Waals surface area contributed by atoms with E-state index >= 15 is 0 Å². The molecule has 202 valence electrons. The van der Waals surface area contributed by atoms with E-state index < -0.39 is 28.8 Å². The summed E-state index contributed by atoms with van der Waals surface area (Å²) in [5.41, 5.74) is -0.0132. The number of allylic oxidation sites excluding steroid dienone is 1. The van der Waals surface area contributed by atoms with Gasteiger partial charge < -0.3 is 24.4 Å². The van der Waals surface area contributed by atoms with Crippen LogP contribution in [-0.4, -0.2) is 45.0 Å². The van der Waals surface area contributed by atoms with E-state index in [2.05, 4.69) is 5.32 Å². The Morgan fingerprint density at radius 2 is 1.59 bits per heavy atom. The molecule has 2 aromatic rings. The van der Waals surface area contributed by atoms with Crippen LogP contribution >= 0.6 is 0 Å². The standard InChI is InChI=1S/C30H30N2O7/c1-16-7-12-20-19(13-16)30(28(36)31-20)25(27(35)39-6)24(26(34)38-5)23-21(14-29(2,3)15-22(23)33)32(30)17-8-10-18(37-4)11-9-17/h7-13H,14-15H2,1-6H3,(H,31,36). The Labute approximate surface area is 226 Å². The minimum Gasteiger partial charge on any atom is -0.497 e. The molecule has 1 N–H and O–H groups in total. The number of anilines is 2. The SMILES string of the molecule is COC(=O)C1=C(C(=O)OC)C2(C(=O)Nc3ccc(C)cc32)N(c2ccc(OC)cc2)C2=C1C(=O)CC(C)(C)C2. The van der Waals surface area contributed by atoms with Gasteiger partial charge in [0.1, 0.15) is 5.75 Å². The molecular weight excluding hydrogens is 500 g/mol. The average molecular weight is 531 g/mol. The van der Waals surface area contributed by atoms with E-state index in [1.165, 1.54) is 14.2 Å². The predicted molar refractivity (Wildman–Crippen MR) is 143 cm³/mol. The first kappa shape index (κ1) is 26.2. The molecule has 1 spiro atoms. The zero-order valence-electron chi connectivity index (χ0n) is 22.8. The first-order valence-electron chi connectivity index (χ1n) is 12.5. The van der Waals surface area contributed by atoms with Crippen LogP contribution in [-0.2, 0) is 34.2 Å². The smallest absolute Gasteiger partial charge is 0.339 e. The van der Waals surface area contributed by atoms with E-state index in [1.54, 1.807) is 42.3 Å². The largest absolute Gasteiger partial charge is 0.497 e. The van der Waals surface area contributed by atoms with Crippen molar-refractivity contribution in [2.75, 3.05) is 31.5 Å². The van der Waals surface area contributed by atoms with Crippen LogP contribution in [0.1, 0.15) is 37.8 Å². The van der Waals surface area contributed by atoms with Crippen molar-refractivity contribution in [2.45, 2.75) is 39.2 Å². The van der Waals surface area contributed by atoms with Gasteiger partial charge in [-0.2, -0.15) is 0 Å². The lowest BCUT2D eigenvalue weighted by molar-refractivity contribution is -0.141. The Hall–Kier alpha value is -4.40. The minimum absolute atomic E-state index is 0.0666. The number of carbonyl (C=O) groups is 4. The number of methoxy groups -OCH3 is 3. The van der Waals surface area contributed by atoms with Crippen molar-refractivity contribution in [1.29, 1.82) is 0 Å². The van der Waals surface area contributed by atoms with Crippen molar-refractivity contribution in [3.63, 3.8) is 0 Å². The molecule has 39 heavy (non-hydrogen) atoms. The van der Waals surface area contributed by atoms with Gasteiger partial charge in [-0.3, -0.25) is 9.59 Å². The third-order valence-corrected chi connectivity index (χ3v) is 7.57. The van der Waals surface area contributed by atoms with Gasteiger partial charge in [0, 0.05) is 29.1 Å². The van der Waals surface area contributed by atoms with E-state index in [1.807, 2.05) is 32.9 Å². The zero-order chi connectivity index (χ0) is 28.3. The fraction of sp³-hybridized carbons (Fsp3) is 0.333. The summed E-state index contributed by atoms with van der Waals surface area (Å²) in [6.07, 6.45) is 0.497. The molecule has 9 heteroatoms. The normalized spacial score (nSPS) is 21.4. The summed E-state index contributed by atoms with van der Waals surface area (Å²) in [5.74, 6) is -2.09. The van der Waals surface area contributed by atoms with Crippen LogP contribution in [0.25, 0.3) is 0 Å². The number of Topliss-reactive ketones (excluding diaryl/α,β-unsaturated/α-hetero) is 1. The van der Waals surface area contributed by atoms with Gasteiger partial charge in [0.15, 0.2) is 11.3 Å². The highest BCUT2D eigenvalue weighted by atomic mass is 16.5. The van der Waals surface area contributed by atoms with Crippen molar-refractivity contribution in [3.8, 4) is 5.75 Å². The summed E-state index contributed by atoms with van der Waals surface area (Å²) in [7, 11) is 3.90. The molecule has 3 aliphatic rings. The van der Waals surface area contributed by atoms with Crippen molar-refractivity contribution in [2.24, 2.45) is 5.41 Å². The molecule has 0 radical (unpaired) electrons. The Kier molecular flexibility index (Phi) is 6.13. The molecule has 1 amide bonds. The second kappa shape index (κ2) is 9.11.